The summed E-state index contributed by atoms with van der Waals surface area (Å²) in [6, 6.07) is -0.109. The minimum atomic E-state index is -0.109. The maximum absolute atomic E-state index is 11.4. The fourth-order valence-corrected chi connectivity index (χ4v) is 3.44. The zero-order valence-corrected chi connectivity index (χ0v) is 14.5. The zero-order valence-electron chi connectivity index (χ0n) is 13.7. The standard InChI is InChI=1S/C17H32N2OS/c1-2-3-4-5-6-7-8-9-14-21-15-13-18-19-16-11-10-12-17(16)20/h16H,2-15H2,1H3. The molecule has 21 heavy (non-hydrogen) atoms. The molecule has 0 N–H and O–H groups in total. The third kappa shape index (κ3) is 10.0. The highest BCUT2D eigenvalue weighted by Crippen LogP contribution is 2.17. The summed E-state index contributed by atoms with van der Waals surface area (Å²) in [6.07, 6.45) is 13.7. The Balaban J connectivity index is 1.78. The van der Waals surface area contributed by atoms with Crippen molar-refractivity contribution in [1.29, 1.82) is 0 Å². The number of thioether (sulfide) groups is 1. The van der Waals surface area contributed by atoms with E-state index >= 15 is 0 Å². The molecule has 1 saturated carbocycles. The number of nitrogens with zero attached hydrogens (tertiary/aromatic N) is 2. The molecule has 1 rings (SSSR count). The Morgan fingerprint density at radius 1 is 1.05 bits per heavy atom. The first-order valence-corrected chi connectivity index (χ1v) is 9.97. The van der Waals surface area contributed by atoms with E-state index in [9.17, 15) is 4.79 Å². The van der Waals surface area contributed by atoms with Crippen molar-refractivity contribution in [3.05, 3.63) is 0 Å². The number of carbonyl (C=O) groups excluding carboxylic acids is 1. The first-order valence-electron chi connectivity index (χ1n) is 8.81. The Hall–Kier alpha value is -0.380. The lowest BCUT2D eigenvalue weighted by Gasteiger charge is -2.02. The van der Waals surface area contributed by atoms with Crippen LogP contribution in [0.2, 0.25) is 0 Å². The van der Waals surface area contributed by atoms with Gasteiger partial charge in [-0.15, -0.1) is 0 Å². The van der Waals surface area contributed by atoms with Crippen LogP contribution in [0, 0.1) is 0 Å². The van der Waals surface area contributed by atoms with Crippen LogP contribution in [0.25, 0.3) is 0 Å². The van der Waals surface area contributed by atoms with E-state index in [1.165, 1.54) is 57.1 Å². The topological polar surface area (TPSA) is 41.8 Å². The van der Waals surface area contributed by atoms with Gasteiger partial charge < -0.3 is 0 Å². The average Bonchev–Trinajstić information content (AvgIpc) is 2.89. The van der Waals surface area contributed by atoms with Crippen LogP contribution >= 0.6 is 11.8 Å². The highest BCUT2D eigenvalue weighted by Gasteiger charge is 2.23. The molecule has 4 heteroatoms. The van der Waals surface area contributed by atoms with E-state index in [1.54, 1.807) is 0 Å². The first-order chi connectivity index (χ1) is 10.3. The molecule has 122 valence electrons. The summed E-state index contributed by atoms with van der Waals surface area (Å²) in [6.45, 7) is 3.04. The van der Waals surface area contributed by atoms with Crippen molar-refractivity contribution in [2.24, 2.45) is 10.2 Å². The number of Topliss-reactive ketones (excluding diaryl/α,β-unsaturated/α-hetero) is 1. The Bertz CT molecular complexity index is 295. The second-order valence-corrected chi connectivity index (χ2v) is 7.17. The number of rotatable bonds is 13. The molecular weight excluding hydrogens is 280 g/mol. The first kappa shape index (κ1) is 18.7. The molecule has 1 aliphatic carbocycles. The Kier molecular flexibility index (Phi) is 11.8. The summed E-state index contributed by atoms with van der Waals surface area (Å²) < 4.78 is 0. The molecule has 0 heterocycles. The van der Waals surface area contributed by atoms with Gasteiger partial charge >= 0.3 is 0 Å². The van der Waals surface area contributed by atoms with E-state index in [0.717, 1.165) is 25.1 Å². The highest BCUT2D eigenvalue weighted by atomic mass is 32.2. The molecule has 0 saturated heterocycles. The van der Waals surface area contributed by atoms with E-state index in [1.807, 2.05) is 11.8 Å². The molecule has 0 aromatic heterocycles. The van der Waals surface area contributed by atoms with Crippen molar-refractivity contribution in [3.63, 3.8) is 0 Å². The Morgan fingerprint density at radius 3 is 2.43 bits per heavy atom. The quantitative estimate of drug-likeness (QED) is 0.336. The average molecular weight is 313 g/mol. The molecule has 3 nitrogen and oxygen atoms in total. The van der Waals surface area contributed by atoms with Gasteiger partial charge in [0.2, 0.25) is 0 Å². The third-order valence-electron chi connectivity index (χ3n) is 3.97. The van der Waals surface area contributed by atoms with Crippen LogP contribution in [-0.4, -0.2) is 29.9 Å². The second kappa shape index (κ2) is 13.3. The second-order valence-electron chi connectivity index (χ2n) is 5.94. The lowest BCUT2D eigenvalue weighted by atomic mass is 10.1. The monoisotopic (exact) mass is 312 g/mol. The largest absolute Gasteiger partial charge is 0.297 e. The molecule has 0 aromatic carbocycles. The van der Waals surface area contributed by atoms with Gasteiger partial charge in [0.1, 0.15) is 6.04 Å². The van der Waals surface area contributed by atoms with Crippen molar-refractivity contribution >= 4 is 17.5 Å². The number of hydrogen-bond acceptors (Lipinski definition) is 4. The lowest BCUT2D eigenvalue weighted by molar-refractivity contribution is -0.118. The normalized spacial score (nSPS) is 18.9. The number of ketones is 1. The van der Waals surface area contributed by atoms with Crippen molar-refractivity contribution in [3.8, 4) is 0 Å². The molecule has 0 radical (unpaired) electrons. The SMILES string of the molecule is CCCCCCCCCCSCCN=NC1CCCC1=O. The van der Waals surface area contributed by atoms with Gasteiger partial charge in [-0.1, -0.05) is 51.9 Å². The molecule has 0 bridgehead atoms. The van der Waals surface area contributed by atoms with Gasteiger partial charge in [-0.2, -0.15) is 22.0 Å². The summed E-state index contributed by atoms with van der Waals surface area (Å²) in [5.41, 5.74) is 0. The van der Waals surface area contributed by atoms with Crippen LogP contribution < -0.4 is 0 Å². The molecular formula is C17H32N2OS. The summed E-state index contributed by atoms with van der Waals surface area (Å²) >= 11 is 1.97. The van der Waals surface area contributed by atoms with E-state index < -0.39 is 0 Å². The van der Waals surface area contributed by atoms with Gasteiger partial charge in [0, 0.05) is 12.2 Å². The Labute approximate surface area is 134 Å². The molecule has 1 aliphatic rings. The molecule has 1 fully saturated rings. The van der Waals surface area contributed by atoms with E-state index in [-0.39, 0.29) is 11.8 Å². The van der Waals surface area contributed by atoms with Gasteiger partial charge in [-0.25, -0.2) is 0 Å². The van der Waals surface area contributed by atoms with Gasteiger partial charge in [-0.3, -0.25) is 4.79 Å². The predicted molar refractivity (Wildman–Crippen MR) is 92.3 cm³/mol. The van der Waals surface area contributed by atoms with Gasteiger partial charge in [0.25, 0.3) is 0 Å². The van der Waals surface area contributed by atoms with E-state index in [0.29, 0.717) is 6.42 Å². The molecule has 0 spiro atoms. The van der Waals surface area contributed by atoms with Crippen molar-refractivity contribution in [2.45, 2.75) is 83.6 Å². The highest BCUT2D eigenvalue weighted by molar-refractivity contribution is 7.99. The number of unbranched alkanes of at least 4 members (excludes halogenated alkanes) is 7. The smallest absolute Gasteiger partial charge is 0.159 e. The third-order valence-corrected chi connectivity index (χ3v) is 5.02. The fourth-order valence-electron chi connectivity index (χ4n) is 2.62. The van der Waals surface area contributed by atoms with Crippen molar-refractivity contribution < 1.29 is 4.79 Å². The summed E-state index contributed by atoms with van der Waals surface area (Å²) in [5.74, 6) is 2.57. The van der Waals surface area contributed by atoms with Crippen LogP contribution in [0.15, 0.2) is 10.2 Å². The number of hydrogen-bond donors (Lipinski definition) is 0. The van der Waals surface area contributed by atoms with Crippen LogP contribution in [-0.2, 0) is 4.79 Å². The molecule has 0 aliphatic heterocycles. The minimum absolute atomic E-state index is 0.109. The summed E-state index contributed by atoms with van der Waals surface area (Å²) in [7, 11) is 0. The van der Waals surface area contributed by atoms with Gasteiger partial charge in [-0.05, 0) is 25.0 Å². The zero-order chi connectivity index (χ0) is 15.2. The maximum atomic E-state index is 11.4. The summed E-state index contributed by atoms with van der Waals surface area (Å²) in [5, 5.41) is 8.31. The minimum Gasteiger partial charge on any atom is -0.297 e. The van der Waals surface area contributed by atoms with E-state index in [4.69, 9.17) is 0 Å². The van der Waals surface area contributed by atoms with Crippen LogP contribution in [0.1, 0.15) is 77.6 Å². The number of azo groups is 1. The lowest BCUT2D eigenvalue weighted by Crippen LogP contribution is -2.09. The van der Waals surface area contributed by atoms with Crippen LogP contribution in [0.4, 0.5) is 0 Å². The Morgan fingerprint density at radius 2 is 1.76 bits per heavy atom. The predicted octanol–water partition coefficient (Wildman–Crippen LogP) is 5.43. The van der Waals surface area contributed by atoms with Crippen molar-refractivity contribution in [2.75, 3.05) is 18.1 Å². The molecule has 1 atom stereocenters. The molecule has 0 amide bonds. The van der Waals surface area contributed by atoms with Gasteiger partial charge in [0.05, 0.1) is 6.54 Å². The van der Waals surface area contributed by atoms with E-state index in [2.05, 4.69) is 17.2 Å². The fraction of sp³-hybridized carbons (Fsp3) is 0.941. The molecule has 1 unspecified atom stereocenters. The maximum Gasteiger partial charge on any atom is 0.159 e. The van der Waals surface area contributed by atoms with Crippen LogP contribution in [0.3, 0.4) is 0 Å². The molecule has 0 aromatic rings. The van der Waals surface area contributed by atoms with Gasteiger partial charge in [0.15, 0.2) is 5.78 Å². The van der Waals surface area contributed by atoms with Crippen LogP contribution in [0.5, 0.6) is 0 Å². The van der Waals surface area contributed by atoms with Crippen molar-refractivity contribution in [1.82, 2.24) is 0 Å². The summed E-state index contributed by atoms with van der Waals surface area (Å²) in [4.78, 5) is 11.4. The number of carbonyl (C=O) groups is 1.